The Hall–Kier alpha value is -3.92. The molecule has 0 saturated carbocycles. The Balaban J connectivity index is 1.28. The van der Waals surface area contributed by atoms with Crippen LogP contribution in [0.5, 0.6) is 0 Å². The number of hydrogen-bond donors (Lipinski definition) is 1. The molecule has 0 bridgehead atoms. The van der Waals surface area contributed by atoms with Crippen LogP contribution in [0.2, 0.25) is 0 Å². The van der Waals surface area contributed by atoms with Crippen LogP contribution < -0.4 is 10.0 Å². The Morgan fingerprint density at radius 3 is 2.46 bits per heavy atom. The lowest BCUT2D eigenvalue weighted by Crippen LogP contribution is -2.46. The molecule has 0 unspecified atom stereocenters. The van der Waals surface area contributed by atoms with Gasteiger partial charge in [0.05, 0.1) is 22.3 Å². The number of fused-ring (bicyclic) bond motifs is 1. The minimum Gasteiger partial charge on any atom is -0.399 e. The number of aromatic nitrogens is 3. The fourth-order valence-corrected chi connectivity index (χ4v) is 6.27. The van der Waals surface area contributed by atoms with Crippen LogP contribution in [-0.2, 0) is 21.4 Å². The number of imidazole rings is 1. The Labute approximate surface area is 216 Å². The molecule has 2 aromatic carbocycles. The predicted molar refractivity (Wildman–Crippen MR) is 143 cm³/mol. The maximum atomic E-state index is 13.5. The van der Waals surface area contributed by atoms with Gasteiger partial charge in [-0.2, -0.15) is 0 Å². The smallest absolute Gasteiger partial charge is 0.264 e. The fourth-order valence-electron chi connectivity index (χ4n) is 4.85. The normalized spacial score (nSPS) is 14.7. The van der Waals surface area contributed by atoms with Crippen molar-refractivity contribution in [2.75, 3.05) is 29.7 Å². The predicted octanol–water partition coefficient (Wildman–Crippen LogP) is 3.46. The molecule has 0 atom stereocenters. The largest absolute Gasteiger partial charge is 0.399 e. The topological polar surface area (TPSA) is 114 Å². The van der Waals surface area contributed by atoms with E-state index in [-0.39, 0.29) is 17.3 Å². The highest BCUT2D eigenvalue weighted by atomic mass is 32.2. The lowest BCUT2D eigenvalue weighted by molar-refractivity contribution is -0.130. The number of rotatable bonds is 7. The summed E-state index contributed by atoms with van der Waals surface area (Å²) in [6.07, 6.45) is 5.23. The third-order valence-corrected chi connectivity index (χ3v) is 8.73. The van der Waals surface area contributed by atoms with Gasteiger partial charge in [0.2, 0.25) is 5.91 Å². The molecule has 0 radical (unpaired) electrons. The van der Waals surface area contributed by atoms with Gasteiger partial charge in [0, 0.05) is 31.5 Å². The molecular formula is C27H30N6O3S. The van der Waals surface area contributed by atoms with E-state index in [0.717, 1.165) is 36.2 Å². The van der Waals surface area contributed by atoms with Gasteiger partial charge in [0.15, 0.2) is 0 Å². The van der Waals surface area contributed by atoms with E-state index in [0.29, 0.717) is 30.4 Å². The third-order valence-electron chi connectivity index (χ3n) is 6.94. The number of carbonyl (C=O) groups is 1. The van der Waals surface area contributed by atoms with E-state index in [9.17, 15) is 13.2 Å². The van der Waals surface area contributed by atoms with Crippen molar-refractivity contribution in [3.8, 4) is 0 Å². The summed E-state index contributed by atoms with van der Waals surface area (Å²) in [5.41, 5.74) is 8.62. The first-order chi connectivity index (χ1) is 17.8. The average molecular weight is 519 g/mol. The number of aryl methyl sites for hydroxylation is 1. The zero-order valence-electron chi connectivity index (χ0n) is 20.7. The molecule has 0 spiro atoms. The molecule has 3 heterocycles. The summed E-state index contributed by atoms with van der Waals surface area (Å²) in [5, 5.41) is 0. The molecule has 9 nitrogen and oxygen atoms in total. The summed E-state index contributed by atoms with van der Waals surface area (Å²) >= 11 is 0. The molecule has 4 aromatic rings. The number of piperidine rings is 1. The zero-order chi connectivity index (χ0) is 26.0. The molecule has 37 heavy (non-hydrogen) atoms. The molecule has 192 valence electrons. The van der Waals surface area contributed by atoms with E-state index in [1.165, 1.54) is 16.4 Å². The van der Waals surface area contributed by atoms with Gasteiger partial charge in [0.1, 0.15) is 17.9 Å². The van der Waals surface area contributed by atoms with Gasteiger partial charge in [-0.05, 0) is 68.1 Å². The molecule has 1 amide bonds. The summed E-state index contributed by atoms with van der Waals surface area (Å²) in [5.74, 6) is 1.14. The van der Waals surface area contributed by atoms with Gasteiger partial charge in [0.25, 0.3) is 10.0 Å². The molecule has 1 aliphatic rings. The highest BCUT2D eigenvalue weighted by Crippen LogP contribution is 2.26. The van der Waals surface area contributed by atoms with Crippen molar-refractivity contribution in [2.45, 2.75) is 31.2 Å². The number of nitrogen functional groups attached to an aromatic ring is 1. The molecule has 1 aliphatic heterocycles. The van der Waals surface area contributed by atoms with Gasteiger partial charge >= 0.3 is 0 Å². The number of anilines is 2. The van der Waals surface area contributed by atoms with E-state index < -0.39 is 10.0 Å². The Morgan fingerprint density at radius 2 is 1.76 bits per heavy atom. The number of likely N-dealkylation sites (tertiary alicyclic amines) is 1. The maximum Gasteiger partial charge on any atom is 0.264 e. The molecule has 1 saturated heterocycles. The van der Waals surface area contributed by atoms with E-state index in [1.54, 1.807) is 53.7 Å². The Morgan fingerprint density at radius 1 is 1.05 bits per heavy atom. The number of hydrogen-bond acceptors (Lipinski definition) is 6. The van der Waals surface area contributed by atoms with Crippen molar-refractivity contribution >= 4 is 38.3 Å². The van der Waals surface area contributed by atoms with Crippen LogP contribution in [0.4, 0.5) is 11.4 Å². The highest BCUT2D eigenvalue weighted by Gasteiger charge is 2.31. The second-order valence-corrected chi connectivity index (χ2v) is 11.2. The first kappa shape index (κ1) is 24.8. The minimum absolute atomic E-state index is 0.0928. The lowest BCUT2D eigenvalue weighted by atomic mass is 9.96. The van der Waals surface area contributed by atoms with Crippen molar-refractivity contribution in [3.05, 3.63) is 78.9 Å². The van der Waals surface area contributed by atoms with Gasteiger partial charge in [-0.3, -0.25) is 14.1 Å². The van der Waals surface area contributed by atoms with Crippen LogP contribution in [0, 0.1) is 12.8 Å². The van der Waals surface area contributed by atoms with E-state index in [4.69, 9.17) is 5.73 Å². The van der Waals surface area contributed by atoms with Gasteiger partial charge in [-0.25, -0.2) is 13.4 Å². The van der Waals surface area contributed by atoms with Crippen molar-refractivity contribution in [1.82, 2.24) is 19.4 Å². The minimum atomic E-state index is -3.96. The van der Waals surface area contributed by atoms with Crippen LogP contribution >= 0.6 is 0 Å². The number of sulfonamides is 1. The van der Waals surface area contributed by atoms with E-state index >= 15 is 0 Å². The number of carbonyl (C=O) groups excluding carboxylic acids is 1. The van der Waals surface area contributed by atoms with Gasteiger partial charge in [-0.1, -0.05) is 18.2 Å². The molecule has 1 fully saturated rings. The van der Waals surface area contributed by atoms with Crippen molar-refractivity contribution in [2.24, 2.45) is 5.92 Å². The van der Waals surface area contributed by atoms with Crippen LogP contribution in [0.3, 0.4) is 0 Å². The van der Waals surface area contributed by atoms with Crippen molar-refractivity contribution in [1.29, 1.82) is 0 Å². The molecule has 0 aliphatic carbocycles. The monoisotopic (exact) mass is 518 g/mol. The number of nitrogens with two attached hydrogens (primary N) is 1. The van der Waals surface area contributed by atoms with E-state index in [2.05, 4.69) is 14.5 Å². The molecule has 2 N–H and O–H groups in total. The number of benzene rings is 2. The second kappa shape index (κ2) is 10.2. The molecule has 5 rings (SSSR count). The summed E-state index contributed by atoms with van der Waals surface area (Å²) in [6, 6.07) is 16.7. The van der Waals surface area contributed by atoms with Crippen molar-refractivity contribution in [3.63, 3.8) is 0 Å². The number of para-hydroxylation sites is 1. The first-order valence-corrected chi connectivity index (χ1v) is 13.7. The molecular weight excluding hydrogens is 488 g/mol. The zero-order valence-corrected chi connectivity index (χ0v) is 21.5. The van der Waals surface area contributed by atoms with Crippen LogP contribution in [0.1, 0.15) is 18.7 Å². The SMILES string of the molecule is Cc1nc2cnccc2n1CC1CCN(C(=O)CN(c2ccccc2)S(=O)(=O)c2ccc(N)cc2)CC1. The van der Waals surface area contributed by atoms with E-state index in [1.807, 2.05) is 19.1 Å². The molecule has 10 heteroatoms. The maximum absolute atomic E-state index is 13.5. The summed E-state index contributed by atoms with van der Waals surface area (Å²) in [4.78, 5) is 24.0. The fraction of sp³-hybridized carbons (Fsp3) is 0.296. The number of amides is 1. The lowest BCUT2D eigenvalue weighted by Gasteiger charge is -2.34. The number of nitrogens with zero attached hydrogens (tertiary/aromatic N) is 5. The van der Waals surface area contributed by atoms with Gasteiger partial charge in [-0.15, -0.1) is 0 Å². The first-order valence-electron chi connectivity index (χ1n) is 12.3. The Bertz CT molecular complexity index is 1490. The summed E-state index contributed by atoms with van der Waals surface area (Å²) in [6.45, 7) is 3.73. The second-order valence-electron chi connectivity index (χ2n) is 9.37. The van der Waals surface area contributed by atoms with Crippen LogP contribution in [0.15, 0.2) is 78.0 Å². The third kappa shape index (κ3) is 5.15. The summed E-state index contributed by atoms with van der Waals surface area (Å²) < 4.78 is 30.5. The highest BCUT2D eigenvalue weighted by molar-refractivity contribution is 7.92. The van der Waals surface area contributed by atoms with Crippen LogP contribution in [0.25, 0.3) is 11.0 Å². The van der Waals surface area contributed by atoms with Gasteiger partial charge < -0.3 is 15.2 Å². The standard InChI is InChI=1S/C27H30N6O3S/c1-20-30-25-17-29-14-11-26(25)32(20)18-21-12-15-31(16-13-21)27(34)19-33(23-5-3-2-4-6-23)37(35,36)24-9-7-22(28)8-10-24/h2-11,14,17,21H,12-13,15-16,18-19,28H2,1H3. The van der Waals surface area contributed by atoms with Crippen LogP contribution in [-0.4, -0.2) is 53.4 Å². The number of pyridine rings is 1. The average Bonchev–Trinajstić information content (AvgIpc) is 3.23. The van der Waals surface area contributed by atoms with Crippen molar-refractivity contribution < 1.29 is 13.2 Å². The molecule has 2 aromatic heterocycles. The summed E-state index contributed by atoms with van der Waals surface area (Å²) in [7, 11) is -3.96. The Kier molecular flexibility index (Phi) is 6.84. The quantitative estimate of drug-likeness (QED) is 0.375.